The molecule has 21 heavy (non-hydrogen) atoms. The van der Waals surface area contributed by atoms with E-state index in [9.17, 15) is 0 Å². The van der Waals surface area contributed by atoms with E-state index in [1.165, 1.54) is 29.2 Å². The van der Waals surface area contributed by atoms with Crippen molar-refractivity contribution in [1.29, 1.82) is 0 Å². The SMILES string of the molecule is CCCNC(Cc1cccc2ccccc12)C(C)(C)CC. The minimum absolute atomic E-state index is 0.312. The highest BCUT2D eigenvalue weighted by molar-refractivity contribution is 5.85. The zero-order valence-electron chi connectivity index (χ0n) is 13.9. The first kappa shape index (κ1) is 16.0. The highest BCUT2D eigenvalue weighted by atomic mass is 14.9. The van der Waals surface area contributed by atoms with Crippen LogP contribution in [0.1, 0.15) is 46.1 Å². The van der Waals surface area contributed by atoms with Crippen LogP contribution < -0.4 is 5.32 Å². The Balaban J connectivity index is 2.30. The van der Waals surface area contributed by atoms with Gasteiger partial charge in [0.05, 0.1) is 0 Å². The van der Waals surface area contributed by atoms with Gasteiger partial charge < -0.3 is 5.32 Å². The van der Waals surface area contributed by atoms with Gasteiger partial charge in [0.15, 0.2) is 0 Å². The summed E-state index contributed by atoms with van der Waals surface area (Å²) in [7, 11) is 0. The van der Waals surface area contributed by atoms with Crippen LogP contribution in [0, 0.1) is 5.41 Å². The summed E-state index contributed by atoms with van der Waals surface area (Å²) in [6.45, 7) is 10.4. The average molecular weight is 283 g/mol. The molecule has 0 saturated heterocycles. The van der Waals surface area contributed by atoms with Crippen LogP contribution in [0.5, 0.6) is 0 Å². The Bertz CT molecular complexity index is 566. The maximum Gasteiger partial charge on any atom is 0.0159 e. The van der Waals surface area contributed by atoms with Crippen molar-refractivity contribution < 1.29 is 0 Å². The van der Waals surface area contributed by atoms with Gasteiger partial charge in [0, 0.05) is 6.04 Å². The molecule has 2 rings (SSSR count). The molecule has 0 aliphatic carbocycles. The van der Waals surface area contributed by atoms with Crippen LogP contribution in [0.3, 0.4) is 0 Å². The molecular weight excluding hydrogens is 254 g/mol. The van der Waals surface area contributed by atoms with Gasteiger partial charge >= 0.3 is 0 Å². The fourth-order valence-electron chi connectivity index (χ4n) is 2.88. The molecule has 1 atom stereocenters. The molecule has 0 aliphatic heterocycles. The van der Waals surface area contributed by atoms with Gasteiger partial charge in [0.1, 0.15) is 0 Å². The Hall–Kier alpha value is -1.34. The summed E-state index contributed by atoms with van der Waals surface area (Å²) < 4.78 is 0. The van der Waals surface area contributed by atoms with Gasteiger partial charge in [0.25, 0.3) is 0 Å². The quantitative estimate of drug-likeness (QED) is 0.737. The van der Waals surface area contributed by atoms with E-state index in [-0.39, 0.29) is 0 Å². The maximum atomic E-state index is 3.77. The lowest BCUT2D eigenvalue weighted by Crippen LogP contribution is -2.43. The third-order valence-corrected chi connectivity index (χ3v) is 4.80. The van der Waals surface area contributed by atoms with E-state index in [0.29, 0.717) is 11.5 Å². The third-order valence-electron chi connectivity index (χ3n) is 4.80. The lowest BCUT2D eigenvalue weighted by atomic mass is 9.78. The zero-order chi connectivity index (χ0) is 15.3. The predicted molar refractivity (Wildman–Crippen MR) is 93.8 cm³/mol. The summed E-state index contributed by atoms with van der Waals surface area (Å²) in [5.74, 6) is 0. The van der Waals surface area contributed by atoms with Crippen LogP contribution in [0.25, 0.3) is 10.8 Å². The Labute approximate surface area is 129 Å². The van der Waals surface area contributed by atoms with E-state index in [1.54, 1.807) is 0 Å². The summed E-state index contributed by atoms with van der Waals surface area (Å²) in [6, 6.07) is 15.9. The van der Waals surface area contributed by atoms with E-state index < -0.39 is 0 Å². The summed E-state index contributed by atoms with van der Waals surface area (Å²) >= 11 is 0. The monoisotopic (exact) mass is 283 g/mol. The summed E-state index contributed by atoms with van der Waals surface area (Å²) in [5, 5.41) is 6.52. The molecule has 0 radical (unpaired) electrons. The van der Waals surface area contributed by atoms with E-state index >= 15 is 0 Å². The van der Waals surface area contributed by atoms with Gasteiger partial charge in [0.2, 0.25) is 0 Å². The van der Waals surface area contributed by atoms with E-state index in [2.05, 4.69) is 75.5 Å². The van der Waals surface area contributed by atoms with Gasteiger partial charge in [-0.05, 0) is 47.6 Å². The van der Waals surface area contributed by atoms with Crippen LogP contribution in [0.2, 0.25) is 0 Å². The fourth-order valence-corrected chi connectivity index (χ4v) is 2.88. The van der Waals surface area contributed by atoms with Crippen LogP contribution in [-0.2, 0) is 6.42 Å². The first-order valence-electron chi connectivity index (χ1n) is 8.28. The number of hydrogen-bond donors (Lipinski definition) is 1. The topological polar surface area (TPSA) is 12.0 Å². The van der Waals surface area contributed by atoms with Crippen LogP contribution >= 0.6 is 0 Å². The van der Waals surface area contributed by atoms with Gasteiger partial charge in [-0.25, -0.2) is 0 Å². The number of fused-ring (bicyclic) bond motifs is 1. The van der Waals surface area contributed by atoms with Gasteiger partial charge in [-0.1, -0.05) is 70.2 Å². The van der Waals surface area contributed by atoms with Crippen molar-refractivity contribution in [2.45, 2.75) is 53.0 Å². The summed E-state index contributed by atoms with van der Waals surface area (Å²) in [4.78, 5) is 0. The molecule has 114 valence electrons. The van der Waals surface area contributed by atoms with Crippen molar-refractivity contribution in [3.8, 4) is 0 Å². The second-order valence-electron chi connectivity index (χ2n) is 6.69. The zero-order valence-corrected chi connectivity index (χ0v) is 13.9. The minimum Gasteiger partial charge on any atom is -0.313 e. The van der Waals surface area contributed by atoms with Crippen molar-refractivity contribution in [3.05, 3.63) is 48.0 Å². The highest BCUT2D eigenvalue weighted by Gasteiger charge is 2.27. The molecule has 0 heterocycles. The summed E-state index contributed by atoms with van der Waals surface area (Å²) in [6.07, 6.45) is 3.48. The Morgan fingerprint density at radius 3 is 2.43 bits per heavy atom. The molecule has 1 unspecified atom stereocenters. The number of nitrogens with one attached hydrogen (secondary N) is 1. The lowest BCUT2D eigenvalue weighted by Gasteiger charge is -2.35. The predicted octanol–water partition coefficient (Wildman–Crippen LogP) is 5.19. The van der Waals surface area contributed by atoms with Gasteiger partial charge in [-0.2, -0.15) is 0 Å². The Morgan fingerprint density at radius 2 is 1.71 bits per heavy atom. The summed E-state index contributed by atoms with van der Waals surface area (Å²) in [5.41, 5.74) is 1.77. The standard InChI is InChI=1S/C20H29N/c1-5-14-21-19(20(3,4)6-2)15-17-12-9-11-16-10-7-8-13-18(16)17/h7-13,19,21H,5-6,14-15H2,1-4H3. The second-order valence-corrected chi connectivity index (χ2v) is 6.69. The minimum atomic E-state index is 0.312. The molecule has 0 fully saturated rings. The van der Waals surface area contributed by atoms with Crippen LogP contribution in [0.4, 0.5) is 0 Å². The first-order chi connectivity index (χ1) is 10.1. The lowest BCUT2D eigenvalue weighted by molar-refractivity contribution is 0.230. The average Bonchev–Trinajstić information content (AvgIpc) is 2.51. The van der Waals surface area contributed by atoms with Crippen LogP contribution in [0.15, 0.2) is 42.5 Å². The van der Waals surface area contributed by atoms with Crippen molar-refractivity contribution in [2.75, 3.05) is 6.54 Å². The number of benzene rings is 2. The molecule has 0 amide bonds. The third kappa shape index (κ3) is 3.85. The molecule has 1 nitrogen and oxygen atoms in total. The molecule has 2 aromatic carbocycles. The Morgan fingerprint density at radius 1 is 1.00 bits per heavy atom. The molecule has 0 spiro atoms. The van der Waals surface area contributed by atoms with E-state index in [0.717, 1.165) is 13.0 Å². The number of hydrogen-bond acceptors (Lipinski definition) is 1. The van der Waals surface area contributed by atoms with Gasteiger partial charge in [-0.15, -0.1) is 0 Å². The molecule has 0 bridgehead atoms. The van der Waals surface area contributed by atoms with Crippen molar-refractivity contribution >= 4 is 10.8 Å². The Kier molecular flexibility index (Phi) is 5.41. The number of rotatable bonds is 7. The molecule has 2 aromatic rings. The molecular formula is C20H29N. The smallest absolute Gasteiger partial charge is 0.0159 e. The molecule has 1 heteroatoms. The van der Waals surface area contributed by atoms with Gasteiger partial charge in [-0.3, -0.25) is 0 Å². The van der Waals surface area contributed by atoms with E-state index in [1.807, 2.05) is 0 Å². The highest BCUT2D eigenvalue weighted by Crippen LogP contribution is 2.29. The molecule has 0 aliphatic rings. The largest absolute Gasteiger partial charge is 0.313 e. The first-order valence-corrected chi connectivity index (χ1v) is 8.28. The van der Waals surface area contributed by atoms with E-state index in [4.69, 9.17) is 0 Å². The molecule has 0 saturated carbocycles. The molecule has 0 aromatic heterocycles. The van der Waals surface area contributed by atoms with Crippen molar-refractivity contribution in [3.63, 3.8) is 0 Å². The van der Waals surface area contributed by atoms with Crippen LogP contribution in [-0.4, -0.2) is 12.6 Å². The normalized spacial score (nSPS) is 13.5. The molecule has 1 N–H and O–H groups in total. The second kappa shape index (κ2) is 7.09. The van der Waals surface area contributed by atoms with Crippen molar-refractivity contribution in [2.24, 2.45) is 5.41 Å². The van der Waals surface area contributed by atoms with Crippen molar-refractivity contribution in [1.82, 2.24) is 5.32 Å². The fraction of sp³-hybridized carbons (Fsp3) is 0.500. The maximum absolute atomic E-state index is 3.77.